The molecule has 2 atom stereocenters. The van der Waals surface area contributed by atoms with E-state index >= 15 is 0 Å². The number of hydrogen-bond acceptors (Lipinski definition) is 2. The Balaban J connectivity index is 1.77. The molecule has 0 aromatic heterocycles. The molecule has 0 aliphatic heterocycles. The SMILES string of the molecule is O=C(O)C1CCCC(NCC#Cc2ccccc2)C1. The van der Waals surface area contributed by atoms with Crippen LogP contribution in [-0.2, 0) is 4.79 Å². The molecule has 0 heterocycles. The topological polar surface area (TPSA) is 49.3 Å². The fraction of sp³-hybridized carbons (Fsp3) is 0.438. The monoisotopic (exact) mass is 257 g/mol. The number of aliphatic carboxylic acids is 1. The van der Waals surface area contributed by atoms with Gasteiger partial charge in [-0.15, -0.1) is 0 Å². The second-order valence-corrected chi connectivity index (χ2v) is 4.95. The number of carboxylic acid groups (broad SMARTS) is 1. The van der Waals surface area contributed by atoms with Crippen LogP contribution in [0.3, 0.4) is 0 Å². The summed E-state index contributed by atoms with van der Waals surface area (Å²) >= 11 is 0. The molecule has 1 aliphatic rings. The smallest absolute Gasteiger partial charge is 0.306 e. The largest absolute Gasteiger partial charge is 0.481 e. The number of benzene rings is 1. The minimum absolute atomic E-state index is 0.187. The van der Waals surface area contributed by atoms with Crippen molar-refractivity contribution in [3.8, 4) is 11.8 Å². The summed E-state index contributed by atoms with van der Waals surface area (Å²) in [5.41, 5.74) is 1.01. The summed E-state index contributed by atoms with van der Waals surface area (Å²) in [5.74, 6) is 5.32. The zero-order chi connectivity index (χ0) is 13.5. The van der Waals surface area contributed by atoms with E-state index in [-0.39, 0.29) is 5.92 Å². The summed E-state index contributed by atoms with van der Waals surface area (Å²) in [4.78, 5) is 11.0. The number of carboxylic acids is 1. The summed E-state index contributed by atoms with van der Waals surface area (Å²) in [6.45, 7) is 0.617. The second-order valence-electron chi connectivity index (χ2n) is 4.95. The molecule has 1 aromatic rings. The highest BCUT2D eigenvalue weighted by Gasteiger charge is 2.26. The third-order valence-corrected chi connectivity index (χ3v) is 3.51. The zero-order valence-electron chi connectivity index (χ0n) is 10.9. The molecule has 0 amide bonds. The second kappa shape index (κ2) is 6.96. The molecule has 2 rings (SSSR count). The van der Waals surface area contributed by atoms with Gasteiger partial charge in [0.25, 0.3) is 0 Å². The highest BCUT2D eigenvalue weighted by molar-refractivity contribution is 5.70. The van der Waals surface area contributed by atoms with Crippen molar-refractivity contribution in [3.63, 3.8) is 0 Å². The molecule has 1 aromatic carbocycles. The average molecular weight is 257 g/mol. The Morgan fingerprint density at radius 3 is 2.84 bits per heavy atom. The van der Waals surface area contributed by atoms with Gasteiger partial charge in [-0.1, -0.05) is 36.5 Å². The highest BCUT2D eigenvalue weighted by Crippen LogP contribution is 2.24. The Morgan fingerprint density at radius 1 is 1.32 bits per heavy atom. The van der Waals surface area contributed by atoms with Crippen molar-refractivity contribution in [3.05, 3.63) is 35.9 Å². The molecule has 1 aliphatic carbocycles. The molecule has 3 nitrogen and oxygen atoms in total. The van der Waals surface area contributed by atoms with Crippen molar-refractivity contribution in [1.29, 1.82) is 0 Å². The van der Waals surface area contributed by atoms with Gasteiger partial charge in [-0.3, -0.25) is 4.79 Å². The van der Waals surface area contributed by atoms with Gasteiger partial charge in [0.15, 0.2) is 0 Å². The molecule has 2 N–H and O–H groups in total. The summed E-state index contributed by atoms with van der Waals surface area (Å²) in [7, 11) is 0. The van der Waals surface area contributed by atoms with E-state index in [2.05, 4.69) is 17.2 Å². The summed E-state index contributed by atoms with van der Waals surface area (Å²) in [6, 6.07) is 10.2. The van der Waals surface area contributed by atoms with Gasteiger partial charge >= 0.3 is 5.97 Å². The van der Waals surface area contributed by atoms with Gasteiger partial charge in [0.05, 0.1) is 12.5 Å². The molecule has 2 unspecified atom stereocenters. The minimum atomic E-state index is -0.665. The lowest BCUT2D eigenvalue weighted by Gasteiger charge is -2.26. The average Bonchev–Trinajstić information content (AvgIpc) is 2.45. The van der Waals surface area contributed by atoms with Gasteiger partial charge in [0.2, 0.25) is 0 Å². The van der Waals surface area contributed by atoms with E-state index in [1.165, 1.54) is 0 Å². The van der Waals surface area contributed by atoms with Gasteiger partial charge in [-0.05, 0) is 31.4 Å². The lowest BCUT2D eigenvalue weighted by Crippen LogP contribution is -2.36. The van der Waals surface area contributed by atoms with E-state index in [9.17, 15) is 4.79 Å². The van der Waals surface area contributed by atoms with E-state index in [0.29, 0.717) is 12.6 Å². The highest BCUT2D eigenvalue weighted by atomic mass is 16.4. The van der Waals surface area contributed by atoms with Crippen LogP contribution in [0.4, 0.5) is 0 Å². The van der Waals surface area contributed by atoms with Crippen molar-refractivity contribution in [1.82, 2.24) is 5.32 Å². The summed E-state index contributed by atoms with van der Waals surface area (Å²) in [5, 5.41) is 12.4. The predicted octanol–water partition coefficient (Wildman–Crippen LogP) is 2.27. The number of hydrogen-bond donors (Lipinski definition) is 2. The Morgan fingerprint density at radius 2 is 2.11 bits per heavy atom. The van der Waals surface area contributed by atoms with Crippen LogP contribution in [0, 0.1) is 17.8 Å². The molecule has 0 saturated heterocycles. The van der Waals surface area contributed by atoms with E-state index < -0.39 is 5.97 Å². The Hall–Kier alpha value is -1.79. The lowest BCUT2D eigenvalue weighted by atomic mass is 9.86. The Kier molecular flexibility index (Phi) is 5.00. The molecule has 1 fully saturated rings. The van der Waals surface area contributed by atoms with Crippen LogP contribution in [0.25, 0.3) is 0 Å². The van der Waals surface area contributed by atoms with E-state index in [0.717, 1.165) is 31.2 Å². The first kappa shape index (κ1) is 13.6. The Labute approximate surface area is 114 Å². The minimum Gasteiger partial charge on any atom is -0.481 e. The van der Waals surface area contributed by atoms with E-state index in [1.54, 1.807) is 0 Å². The molecule has 100 valence electrons. The molecule has 0 bridgehead atoms. The molecule has 0 spiro atoms. The van der Waals surface area contributed by atoms with Gasteiger partial charge < -0.3 is 10.4 Å². The molecular weight excluding hydrogens is 238 g/mol. The number of carbonyl (C=O) groups is 1. The van der Waals surface area contributed by atoms with Crippen molar-refractivity contribution in [2.24, 2.45) is 5.92 Å². The van der Waals surface area contributed by atoms with Crippen LogP contribution < -0.4 is 5.32 Å². The van der Waals surface area contributed by atoms with E-state index in [1.807, 2.05) is 30.3 Å². The van der Waals surface area contributed by atoms with Gasteiger partial charge in [0, 0.05) is 11.6 Å². The predicted molar refractivity (Wildman–Crippen MR) is 74.7 cm³/mol. The molecule has 1 saturated carbocycles. The van der Waals surface area contributed by atoms with Crippen LogP contribution >= 0.6 is 0 Å². The normalized spacial score (nSPS) is 22.3. The molecule has 3 heteroatoms. The van der Waals surface area contributed by atoms with E-state index in [4.69, 9.17) is 5.11 Å². The third-order valence-electron chi connectivity index (χ3n) is 3.51. The van der Waals surface area contributed by atoms with Crippen molar-refractivity contribution < 1.29 is 9.90 Å². The fourth-order valence-corrected chi connectivity index (χ4v) is 2.46. The van der Waals surface area contributed by atoms with Crippen LogP contribution in [-0.4, -0.2) is 23.7 Å². The Bertz CT molecular complexity index is 473. The van der Waals surface area contributed by atoms with Crippen molar-refractivity contribution >= 4 is 5.97 Å². The quantitative estimate of drug-likeness (QED) is 0.817. The van der Waals surface area contributed by atoms with Crippen molar-refractivity contribution in [2.45, 2.75) is 31.7 Å². The molecule has 0 radical (unpaired) electrons. The van der Waals surface area contributed by atoms with Crippen LogP contribution in [0.1, 0.15) is 31.2 Å². The summed E-state index contributed by atoms with van der Waals surface area (Å²) < 4.78 is 0. The fourth-order valence-electron chi connectivity index (χ4n) is 2.46. The summed E-state index contributed by atoms with van der Waals surface area (Å²) in [6.07, 6.45) is 3.57. The van der Waals surface area contributed by atoms with Gasteiger partial charge in [-0.2, -0.15) is 0 Å². The standard InChI is InChI=1S/C16H19NO2/c18-16(19)14-9-4-10-15(12-14)17-11-5-8-13-6-2-1-3-7-13/h1-3,6-7,14-15,17H,4,9-12H2,(H,18,19). The maximum Gasteiger partial charge on any atom is 0.306 e. The molecular formula is C16H19NO2. The zero-order valence-corrected chi connectivity index (χ0v) is 10.9. The van der Waals surface area contributed by atoms with Crippen molar-refractivity contribution in [2.75, 3.05) is 6.54 Å². The van der Waals surface area contributed by atoms with Gasteiger partial charge in [-0.25, -0.2) is 0 Å². The number of nitrogens with one attached hydrogen (secondary N) is 1. The first-order chi connectivity index (χ1) is 9.25. The molecule has 19 heavy (non-hydrogen) atoms. The number of rotatable bonds is 3. The van der Waals surface area contributed by atoms with Crippen LogP contribution in [0.15, 0.2) is 30.3 Å². The lowest BCUT2D eigenvalue weighted by molar-refractivity contribution is -0.143. The maximum atomic E-state index is 11.0. The van der Waals surface area contributed by atoms with Crippen LogP contribution in [0.2, 0.25) is 0 Å². The first-order valence-electron chi connectivity index (χ1n) is 6.76. The maximum absolute atomic E-state index is 11.0. The third kappa shape index (κ3) is 4.42. The first-order valence-corrected chi connectivity index (χ1v) is 6.76. The van der Waals surface area contributed by atoms with Gasteiger partial charge in [0.1, 0.15) is 0 Å². The van der Waals surface area contributed by atoms with Crippen LogP contribution in [0.5, 0.6) is 0 Å².